The van der Waals surface area contributed by atoms with Gasteiger partial charge in [0.25, 0.3) is 5.56 Å². The van der Waals surface area contributed by atoms with E-state index in [1.807, 2.05) is 31.2 Å². The van der Waals surface area contributed by atoms with Crippen LogP contribution >= 0.6 is 0 Å². The van der Waals surface area contributed by atoms with Crippen LogP contribution in [0.2, 0.25) is 0 Å². The zero-order valence-corrected chi connectivity index (χ0v) is 17.6. The van der Waals surface area contributed by atoms with Crippen LogP contribution in [0.15, 0.2) is 71.8 Å². The van der Waals surface area contributed by atoms with E-state index in [1.54, 1.807) is 46.1 Å². The van der Waals surface area contributed by atoms with Crippen molar-refractivity contribution in [2.24, 2.45) is 0 Å². The number of rotatable bonds is 4. The van der Waals surface area contributed by atoms with Gasteiger partial charge in [0.1, 0.15) is 30.2 Å². The van der Waals surface area contributed by atoms with Crippen molar-refractivity contribution < 1.29 is 13.9 Å². The second-order valence-corrected chi connectivity index (χ2v) is 7.95. The lowest BCUT2D eigenvalue weighted by Gasteiger charge is -2.30. The van der Waals surface area contributed by atoms with Crippen LogP contribution in [0.3, 0.4) is 0 Å². The number of carbonyl (C=O) groups is 1. The zero-order valence-electron chi connectivity index (χ0n) is 17.6. The van der Waals surface area contributed by atoms with Crippen LogP contribution in [0, 0.1) is 12.7 Å². The average molecular weight is 431 g/mol. The molecular weight excluding hydrogens is 409 g/mol. The fourth-order valence-electron chi connectivity index (χ4n) is 4.13. The highest BCUT2D eigenvalue weighted by Crippen LogP contribution is 2.32. The number of fused-ring (bicyclic) bond motifs is 2. The minimum atomic E-state index is -0.318. The first kappa shape index (κ1) is 20.1. The molecule has 7 heteroatoms. The Morgan fingerprint density at radius 3 is 2.66 bits per heavy atom. The Kier molecular flexibility index (Phi) is 5.01. The number of hydrogen-bond acceptors (Lipinski definition) is 3. The molecular formula is C25H22FN3O3. The van der Waals surface area contributed by atoms with Crippen molar-refractivity contribution in [2.75, 3.05) is 18.1 Å². The summed E-state index contributed by atoms with van der Waals surface area (Å²) in [4.78, 5) is 28.1. The molecule has 1 amide bonds. The second kappa shape index (κ2) is 8.00. The Balaban J connectivity index is 1.46. The summed E-state index contributed by atoms with van der Waals surface area (Å²) in [5, 5.41) is 0.752. The van der Waals surface area contributed by atoms with Gasteiger partial charge in [0.2, 0.25) is 5.91 Å². The standard InChI is InChI=1S/C25H22FN3O3/c1-17-6-7-22-21(14-17)29(12-13-32-22)23(30)16-28-11-9-18-8-10-27(24(18)25(28)31)15-19-4-2-3-5-20(19)26/h2-11,14H,12-13,15-16H2,1H3. The number of aryl methyl sites for hydroxylation is 1. The van der Waals surface area contributed by atoms with Gasteiger partial charge in [-0.05, 0) is 42.8 Å². The predicted octanol–water partition coefficient (Wildman–Crippen LogP) is 3.72. The normalized spacial score (nSPS) is 13.1. The maximum absolute atomic E-state index is 14.1. The lowest BCUT2D eigenvalue weighted by atomic mass is 10.1. The molecule has 4 aromatic rings. The maximum atomic E-state index is 14.1. The van der Waals surface area contributed by atoms with Crippen LogP contribution in [0.1, 0.15) is 11.1 Å². The molecule has 162 valence electrons. The summed E-state index contributed by atoms with van der Waals surface area (Å²) in [7, 11) is 0. The van der Waals surface area contributed by atoms with Crippen molar-refractivity contribution in [3.63, 3.8) is 0 Å². The van der Waals surface area contributed by atoms with E-state index < -0.39 is 0 Å². The molecule has 0 saturated carbocycles. The van der Waals surface area contributed by atoms with Gasteiger partial charge in [0.15, 0.2) is 0 Å². The Bertz CT molecular complexity index is 1390. The largest absolute Gasteiger partial charge is 0.490 e. The highest BCUT2D eigenvalue weighted by molar-refractivity contribution is 5.95. The molecule has 0 bridgehead atoms. The third-order valence-corrected chi connectivity index (χ3v) is 5.78. The van der Waals surface area contributed by atoms with Crippen molar-refractivity contribution >= 4 is 22.5 Å². The number of ether oxygens (including phenoxy) is 1. The van der Waals surface area contributed by atoms with E-state index >= 15 is 0 Å². The van der Waals surface area contributed by atoms with Crippen LogP contribution in [-0.2, 0) is 17.9 Å². The average Bonchev–Trinajstić information content (AvgIpc) is 3.20. The molecule has 32 heavy (non-hydrogen) atoms. The monoisotopic (exact) mass is 431 g/mol. The van der Waals surface area contributed by atoms with E-state index in [0.29, 0.717) is 30.0 Å². The van der Waals surface area contributed by atoms with Gasteiger partial charge >= 0.3 is 0 Å². The number of amides is 1. The van der Waals surface area contributed by atoms with E-state index in [2.05, 4.69) is 0 Å². The Morgan fingerprint density at radius 2 is 1.84 bits per heavy atom. The first-order chi connectivity index (χ1) is 15.5. The molecule has 2 aromatic heterocycles. The smallest absolute Gasteiger partial charge is 0.275 e. The van der Waals surface area contributed by atoms with Crippen LogP contribution in [0.4, 0.5) is 10.1 Å². The molecule has 1 aliphatic rings. The second-order valence-electron chi connectivity index (χ2n) is 7.95. The summed E-state index contributed by atoms with van der Waals surface area (Å²) in [5.74, 6) is 0.160. The van der Waals surface area contributed by atoms with Gasteiger partial charge in [-0.1, -0.05) is 24.3 Å². The minimum absolute atomic E-state index is 0.0902. The number of carbonyl (C=O) groups excluding carboxylic acids is 1. The quantitative estimate of drug-likeness (QED) is 0.495. The zero-order chi connectivity index (χ0) is 22.2. The van der Waals surface area contributed by atoms with Gasteiger partial charge in [-0.3, -0.25) is 9.59 Å². The highest BCUT2D eigenvalue weighted by Gasteiger charge is 2.24. The van der Waals surface area contributed by atoms with Crippen LogP contribution in [-0.4, -0.2) is 28.2 Å². The number of hydrogen-bond donors (Lipinski definition) is 0. The fourth-order valence-corrected chi connectivity index (χ4v) is 4.13. The summed E-state index contributed by atoms with van der Waals surface area (Å²) in [5.41, 5.74) is 2.41. The first-order valence-corrected chi connectivity index (χ1v) is 10.5. The third kappa shape index (κ3) is 3.56. The van der Waals surface area contributed by atoms with E-state index in [9.17, 15) is 14.0 Å². The van der Waals surface area contributed by atoms with Gasteiger partial charge in [0.05, 0.1) is 18.8 Å². The summed E-state index contributed by atoms with van der Waals surface area (Å²) in [6.45, 7) is 2.93. The van der Waals surface area contributed by atoms with Crippen LogP contribution < -0.4 is 15.2 Å². The topological polar surface area (TPSA) is 56.5 Å². The Morgan fingerprint density at radius 1 is 1.06 bits per heavy atom. The SMILES string of the molecule is Cc1ccc2c(c1)N(C(=O)Cn1ccc3ccn(Cc4ccccc4F)c3c1=O)CCO2. The van der Waals surface area contributed by atoms with E-state index in [4.69, 9.17) is 4.74 Å². The van der Waals surface area contributed by atoms with Gasteiger partial charge in [0, 0.05) is 23.3 Å². The molecule has 0 unspecified atom stereocenters. The van der Waals surface area contributed by atoms with Gasteiger partial charge in [-0.2, -0.15) is 0 Å². The lowest BCUT2D eigenvalue weighted by Crippen LogP contribution is -2.41. The summed E-state index contributed by atoms with van der Waals surface area (Å²) >= 11 is 0. The molecule has 0 spiro atoms. The number of aromatic nitrogens is 2. The maximum Gasteiger partial charge on any atom is 0.275 e. The highest BCUT2D eigenvalue weighted by atomic mass is 19.1. The minimum Gasteiger partial charge on any atom is -0.490 e. The Hall–Kier alpha value is -3.87. The molecule has 1 aliphatic heterocycles. The molecule has 0 fully saturated rings. The van der Waals surface area contributed by atoms with Gasteiger partial charge in [-0.15, -0.1) is 0 Å². The summed E-state index contributed by atoms with van der Waals surface area (Å²) in [6.07, 6.45) is 3.40. The van der Waals surface area contributed by atoms with Crippen molar-refractivity contribution in [3.05, 3.63) is 94.3 Å². The number of halogens is 1. The molecule has 5 rings (SSSR count). The van der Waals surface area contributed by atoms with Crippen LogP contribution in [0.25, 0.3) is 10.9 Å². The van der Waals surface area contributed by atoms with E-state index in [0.717, 1.165) is 16.6 Å². The number of nitrogens with zero attached hydrogens (tertiary/aromatic N) is 3. The Labute approximate surface area is 184 Å². The molecule has 0 radical (unpaired) electrons. The number of pyridine rings is 1. The van der Waals surface area contributed by atoms with Gasteiger partial charge < -0.3 is 18.8 Å². The van der Waals surface area contributed by atoms with Crippen molar-refractivity contribution in [1.29, 1.82) is 0 Å². The molecule has 0 aliphatic carbocycles. The van der Waals surface area contributed by atoms with E-state index in [1.165, 1.54) is 10.6 Å². The van der Waals surface area contributed by atoms with Crippen molar-refractivity contribution in [1.82, 2.24) is 9.13 Å². The first-order valence-electron chi connectivity index (χ1n) is 10.5. The van der Waals surface area contributed by atoms with Crippen molar-refractivity contribution in [2.45, 2.75) is 20.0 Å². The van der Waals surface area contributed by atoms with Crippen LogP contribution in [0.5, 0.6) is 5.75 Å². The summed E-state index contributed by atoms with van der Waals surface area (Å²) < 4.78 is 22.9. The number of anilines is 1. The molecule has 6 nitrogen and oxygen atoms in total. The molecule has 3 heterocycles. The molecule has 0 atom stereocenters. The van der Waals surface area contributed by atoms with Gasteiger partial charge in [-0.25, -0.2) is 4.39 Å². The molecule has 0 N–H and O–H groups in total. The molecule has 2 aromatic carbocycles. The fraction of sp³-hybridized carbons (Fsp3) is 0.200. The van der Waals surface area contributed by atoms with E-state index in [-0.39, 0.29) is 30.4 Å². The summed E-state index contributed by atoms with van der Waals surface area (Å²) in [6, 6.07) is 15.8. The predicted molar refractivity (Wildman–Crippen MR) is 121 cm³/mol. The lowest BCUT2D eigenvalue weighted by molar-refractivity contribution is -0.119. The third-order valence-electron chi connectivity index (χ3n) is 5.78. The number of benzene rings is 2. The van der Waals surface area contributed by atoms with Crippen molar-refractivity contribution in [3.8, 4) is 5.75 Å². The molecule has 0 saturated heterocycles.